The molecule has 0 spiro atoms. The number of ether oxygens (including phenoxy) is 1. The Labute approximate surface area is 120 Å². The molecule has 1 aliphatic heterocycles. The smallest absolute Gasteiger partial charge is 0.276 e. The zero-order chi connectivity index (χ0) is 14.8. The monoisotopic (exact) mass is 277 g/mol. The number of carbonyl (C=O) groups is 1. The standard InChI is InChI=1S/C15H23N3O2/c1-4-20-11-6-5-8-17-13(11)14(19)18-9-7-12(16)15(2,3)10-18/h5-6,8,12H,4,7,9-10,16H2,1-3H3. The SMILES string of the molecule is CCOc1cccnc1C(=O)N1CCC(N)C(C)(C)C1. The van der Waals surface area contributed by atoms with E-state index in [1.807, 2.05) is 11.8 Å². The van der Waals surface area contributed by atoms with Gasteiger partial charge in [0, 0.05) is 25.3 Å². The Hall–Kier alpha value is -1.62. The van der Waals surface area contributed by atoms with Gasteiger partial charge in [-0.15, -0.1) is 0 Å². The van der Waals surface area contributed by atoms with Gasteiger partial charge < -0.3 is 15.4 Å². The van der Waals surface area contributed by atoms with Crippen molar-refractivity contribution in [1.29, 1.82) is 0 Å². The summed E-state index contributed by atoms with van der Waals surface area (Å²) in [5.41, 5.74) is 6.43. The van der Waals surface area contributed by atoms with Gasteiger partial charge in [-0.05, 0) is 30.9 Å². The highest BCUT2D eigenvalue weighted by atomic mass is 16.5. The summed E-state index contributed by atoms with van der Waals surface area (Å²) in [6.45, 7) is 7.92. The molecular formula is C15H23N3O2. The summed E-state index contributed by atoms with van der Waals surface area (Å²) in [4.78, 5) is 18.7. The third kappa shape index (κ3) is 2.93. The van der Waals surface area contributed by atoms with Crippen molar-refractivity contribution in [1.82, 2.24) is 9.88 Å². The van der Waals surface area contributed by atoms with Crippen LogP contribution in [0.5, 0.6) is 5.75 Å². The van der Waals surface area contributed by atoms with Crippen LogP contribution >= 0.6 is 0 Å². The number of piperidine rings is 1. The van der Waals surface area contributed by atoms with E-state index in [0.717, 1.165) is 6.42 Å². The average molecular weight is 277 g/mol. The van der Waals surface area contributed by atoms with Gasteiger partial charge in [0.25, 0.3) is 5.91 Å². The predicted octanol–water partition coefficient (Wildman–Crippen LogP) is 1.68. The number of hydrogen-bond donors (Lipinski definition) is 1. The highest BCUT2D eigenvalue weighted by Gasteiger charge is 2.36. The van der Waals surface area contributed by atoms with Crippen LogP contribution < -0.4 is 10.5 Å². The summed E-state index contributed by atoms with van der Waals surface area (Å²) in [5.74, 6) is 0.474. The van der Waals surface area contributed by atoms with Crippen molar-refractivity contribution in [2.24, 2.45) is 11.1 Å². The van der Waals surface area contributed by atoms with Gasteiger partial charge in [0.05, 0.1) is 6.61 Å². The molecule has 1 saturated heterocycles. The molecule has 0 aliphatic carbocycles. The first-order chi connectivity index (χ1) is 9.45. The van der Waals surface area contributed by atoms with E-state index in [-0.39, 0.29) is 17.4 Å². The molecule has 1 fully saturated rings. The van der Waals surface area contributed by atoms with Crippen molar-refractivity contribution in [3.8, 4) is 5.75 Å². The molecule has 20 heavy (non-hydrogen) atoms. The molecule has 0 bridgehead atoms. The molecule has 1 atom stereocenters. The number of hydrogen-bond acceptors (Lipinski definition) is 4. The molecule has 2 N–H and O–H groups in total. The molecule has 1 aliphatic rings. The Kier molecular flexibility index (Phi) is 4.28. The lowest BCUT2D eigenvalue weighted by atomic mass is 9.79. The number of nitrogens with zero attached hydrogens (tertiary/aromatic N) is 2. The van der Waals surface area contributed by atoms with Crippen LogP contribution in [0, 0.1) is 5.41 Å². The maximum Gasteiger partial charge on any atom is 0.276 e. The molecule has 2 heterocycles. The molecule has 5 heteroatoms. The summed E-state index contributed by atoms with van der Waals surface area (Å²) in [5, 5.41) is 0. The highest BCUT2D eigenvalue weighted by Crippen LogP contribution is 2.29. The van der Waals surface area contributed by atoms with Gasteiger partial charge in [-0.1, -0.05) is 13.8 Å². The molecule has 0 saturated carbocycles. The Morgan fingerprint density at radius 1 is 1.60 bits per heavy atom. The first kappa shape index (κ1) is 14.8. The minimum absolute atomic E-state index is 0.0749. The van der Waals surface area contributed by atoms with Crippen LogP contribution in [-0.4, -0.2) is 41.5 Å². The minimum Gasteiger partial charge on any atom is -0.491 e. The van der Waals surface area contributed by atoms with E-state index in [2.05, 4.69) is 18.8 Å². The molecule has 0 aromatic carbocycles. The number of rotatable bonds is 3. The molecule has 0 radical (unpaired) electrons. The van der Waals surface area contributed by atoms with Gasteiger partial charge in [-0.2, -0.15) is 0 Å². The van der Waals surface area contributed by atoms with Gasteiger partial charge in [0.2, 0.25) is 0 Å². The highest BCUT2D eigenvalue weighted by molar-refractivity contribution is 5.95. The van der Waals surface area contributed by atoms with Crippen molar-refractivity contribution in [3.63, 3.8) is 0 Å². The molecule has 1 unspecified atom stereocenters. The van der Waals surface area contributed by atoms with E-state index in [4.69, 9.17) is 10.5 Å². The van der Waals surface area contributed by atoms with E-state index >= 15 is 0 Å². The Balaban J connectivity index is 2.20. The van der Waals surface area contributed by atoms with E-state index < -0.39 is 0 Å². The number of likely N-dealkylation sites (tertiary alicyclic amines) is 1. The molecule has 1 amide bonds. The van der Waals surface area contributed by atoms with Gasteiger partial charge in [0.1, 0.15) is 0 Å². The first-order valence-corrected chi connectivity index (χ1v) is 7.08. The third-order valence-corrected chi connectivity index (χ3v) is 3.87. The largest absolute Gasteiger partial charge is 0.491 e. The summed E-state index contributed by atoms with van der Waals surface area (Å²) in [6, 6.07) is 3.68. The number of aromatic nitrogens is 1. The van der Waals surface area contributed by atoms with Crippen molar-refractivity contribution < 1.29 is 9.53 Å². The Morgan fingerprint density at radius 3 is 3.00 bits per heavy atom. The van der Waals surface area contributed by atoms with E-state index in [9.17, 15) is 4.79 Å². The van der Waals surface area contributed by atoms with E-state index in [0.29, 0.717) is 31.1 Å². The zero-order valence-electron chi connectivity index (χ0n) is 12.4. The lowest BCUT2D eigenvalue weighted by Crippen LogP contribution is -2.54. The van der Waals surface area contributed by atoms with Crippen LogP contribution in [0.1, 0.15) is 37.7 Å². The molecule has 1 aromatic heterocycles. The second-order valence-corrected chi connectivity index (χ2v) is 5.89. The Morgan fingerprint density at radius 2 is 2.35 bits per heavy atom. The Bertz CT molecular complexity index is 488. The first-order valence-electron chi connectivity index (χ1n) is 7.08. The number of pyridine rings is 1. The topological polar surface area (TPSA) is 68.5 Å². The number of amides is 1. The quantitative estimate of drug-likeness (QED) is 0.912. The second-order valence-electron chi connectivity index (χ2n) is 5.89. The van der Waals surface area contributed by atoms with Crippen LogP contribution in [-0.2, 0) is 0 Å². The fourth-order valence-corrected chi connectivity index (χ4v) is 2.52. The lowest BCUT2D eigenvalue weighted by molar-refractivity contribution is 0.0523. The fourth-order valence-electron chi connectivity index (χ4n) is 2.52. The fraction of sp³-hybridized carbons (Fsp3) is 0.600. The summed E-state index contributed by atoms with van der Waals surface area (Å²) in [6.07, 6.45) is 2.44. The van der Waals surface area contributed by atoms with E-state index in [1.54, 1.807) is 18.3 Å². The van der Waals surface area contributed by atoms with Crippen LogP contribution in [0.15, 0.2) is 18.3 Å². The molecular weight excluding hydrogens is 254 g/mol. The number of nitrogens with two attached hydrogens (primary N) is 1. The maximum absolute atomic E-state index is 12.6. The van der Waals surface area contributed by atoms with Crippen molar-refractivity contribution in [3.05, 3.63) is 24.0 Å². The average Bonchev–Trinajstić information content (AvgIpc) is 2.42. The van der Waals surface area contributed by atoms with Crippen LogP contribution in [0.2, 0.25) is 0 Å². The molecule has 5 nitrogen and oxygen atoms in total. The molecule has 110 valence electrons. The third-order valence-electron chi connectivity index (χ3n) is 3.87. The van der Waals surface area contributed by atoms with Gasteiger partial charge in [-0.25, -0.2) is 4.98 Å². The molecule has 1 aromatic rings. The van der Waals surface area contributed by atoms with Gasteiger partial charge >= 0.3 is 0 Å². The normalized spacial score (nSPS) is 21.6. The lowest BCUT2D eigenvalue weighted by Gasteiger charge is -2.42. The van der Waals surface area contributed by atoms with Crippen LogP contribution in [0.25, 0.3) is 0 Å². The zero-order valence-corrected chi connectivity index (χ0v) is 12.4. The summed E-state index contributed by atoms with van der Waals surface area (Å²) in [7, 11) is 0. The van der Waals surface area contributed by atoms with E-state index in [1.165, 1.54) is 0 Å². The number of carbonyl (C=O) groups excluding carboxylic acids is 1. The summed E-state index contributed by atoms with van der Waals surface area (Å²) >= 11 is 0. The predicted molar refractivity (Wildman–Crippen MR) is 77.7 cm³/mol. The maximum atomic E-state index is 12.6. The van der Waals surface area contributed by atoms with Crippen molar-refractivity contribution in [2.75, 3.05) is 19.7 Å². The van der Waals surface area contributed by atoms with Crippen molar-refractivity contribution in [2.45, 2.75) is 33.2 Å². The second kappa shape index (κ2) is 5.79. The van der Waals surface area contributed by atoms with Gasteiger partial charge in [-0.3, -0.25) is 4.79 Å². The summed E-state index contributed by atoms with van der Waals surface area (Å²) < 4.78 is 5.49. The minimum atomic E-state index is -0.0750. The van der Waals surface area contributed by atoms with Crippen LogP contribution in [0.4, 0.5) is 0 Å². The van der Waals surface area contributed by atoms with Crippen LogP contribution in [0.3, 0.4) is 0 Å². The molecule has 2 rings (SSSR count). The van der Waals surface area contributed by atoms with Crippen molar-refractivity contribution >= 4 is 5.91 Å². The van der Waals surface area contributed by atoms with Gasteiger partial charge in [0.15, 0.2) is 11.4 Å².